The van der Waals surface area contributed by atoms with E-state index in [1.165, 1.54) is 11.3 Å². The third kappa shape index (κ3) is 6.75. The fraction of sp³-hybridized carbons (Fsp3) is 0.481. The van der Waals surface area contributed by atoms with Gasteiger partial charge in [-0.15, -0.1) is 12.4 Å². The molecule has 0 N–H and O–H groups in total. The Labute approximate surface area is 245 Å². The monoisotopic (exact) mass is 612 g/mol. The number of hydrogen-bond donors (Lipinski definition) is 0. The number of aromatic nitrogens is 1. The number of morpholine rings is 1. The first-order valence-corrected chi connectivity index (χ1v) is 15.6. The summed E-state index contributed by atoms with van der Waals surface area (Å²) in [5.41, 5.74) is 2.21. The Kier molecular flexibility index (Phi) is 9.91. The maximum Gasteiger partial charge on any atom is 0.260 e. The van der Waals surface area contributed by atoms with Crippen molar-refractivity contribution in [3.05, 3.63) is 52.5 Å². The number of carbonyl (C=O) groups is 1. The van der Waals surface area contributed by atoms with Crippen molar-refractivity contribution in [2.45, 2.75) is 31.6 Å². The highest BCUT2D eigenvalue weighted by Gasteiger charge is 2.29. The van der Waals surface area contributed by atoms with Crippen molar-refractivity contribution in [1.29, 1.82) is 0 Å². The van der Waals surface area contributed by atoms with Gasteiger partial charge in [0, 0.05) is 49.9 Å². The number of benzene rings is 2. The molecular weight excluding hydrogens is 579 g/mol. The lowest BCUT2D eigenvalue weighted by molar-refractivity contribution is 0.0391. The number of ether oxygens (including phenoxy) is 1. The first-order chi connectivity index (χ1) is 18.2. The molecule has 5 rings (SSSR count). The summed E-state index contributed by atoms with van der Waals surface area (Å²) in [5, 5.41) is 1.24. The SMILES string of the molecule is Cc1cc(Cl)cc2sc(N(CCN3CCOCC3)C(=O)c3ccc(S(=O)(=O)N4CCC(C)CC4)cc3)nc12.Cl. The number of nitrogens with zero attached hydrogens (tertiary/aromatic N) is 4. The van der Waals surface area contributed by atoms with Crippen molar-refractivity contribution >= 4 is 66.6 Å². The quantitative estimate of drug-likeness (QED) is 0.370. The molecule has 0 saturated carbocycles. The molecule has 0 aliphatic carbocycles. The zero-order valence-corrected chi connectivity index (χ0v) is 25.3. The molecular formula is C27H34Cl2N4O4S2. The molecule has 12 heteroatoms. The topological polar surface area (TPSA) is 83.0 Å². The van der Waals surface area contributed by atoms with Crippen molar-refractivity contribution in [3.8, 4) is 0 Å². The van der Waals surface area contributed by atoms with Crippen LogP contribution in [-0.4, -0.2) is 81.0 Å². The van der Waals surface area contributed by atoms with E-state index >= 15 is 0 Å². The Bertz CT molecular complexity index is 1400. The zero-order valence-electron chi connectivity index (χ0n) is 22.1. The van der Waals surface area contributed by atoms with Crippen LogP contribution < -0.4 is 4.90 Å². The van der Waals surface area contributed by atoms with E-state index in [1.807, 2.05) is 19.1 Å². The largest absolute Gasteiger partial charge is 0.379 e. The van der Waals surface area contributed by atoms with E-state index in [0.29, 0.717) is 61.0 Å². The van der Waals surface area contributed by atoms with Crippen molar-refractivity contribution < 1.29 is 17.9 Å². The van der Waals surface area contributed by atoms with E-state index in [9.17, 15) is 13.2 Å². The summed E-state index contributed by atoms with van der Waals surface area (Å²) in [7, 11) is -3.58. The van der Waals surface area contributed by atoms with Gasteiger partial charge < -0.3 is 4.74 Å². The maximum atomic E-state index is 13.8. The van der Waals surface area contributed by atoms with Gasteiger partial charge in [-0.1, -0.05) is 29.9 Å². The highest BCUT2D eigenvalue weighted by atomic mass is 35.5. The summed E-state index contributed by atoms with van der Waals surface area (Å²) in [6.07, 6.45) is 1.72. The molecule has 2 saturated heterocycles. The van der Waals surface area contributed by atoms with Crippen LogP contribution in [0.25, 0.3) is 10.2 Å². The van der Waals surface area contributed by atoms with Gasteiger partial charge in [-0.2, -0.15) is 4.31 Å². The van der Waals surface area contributed by atoms with Gasteiger partial charge in [0.1, 0.15) is 0 Å². The number of rotatable bonds is 7. The van der Waals surface area contributed by atoms with Crippen LogP contribution in [0.5, 0.6) is 0 Å². The predicted molar refractivity (Wildman–Crippen MR) is 159 cm³/mol. The van der Waals surface area contributed by atoms with Crippen LogP contribution in [0.2, 0.25) is 5.02 Å². The molecule has 39 heavy (non-hydrogen) atoms. The van der Waals surface area contributed by atoms with Crippen LogP contribution in [0.4, 0.5) is 5.13 Å². The molecule has 2 aliphatic heterocycles. The number of fused-ring (bicyclic) bond motifs is 1. The first kappa shape index (κ1) is 30.2. The van der Waals surface area contributed by atoms with E-state index < -0.39 is 10.0 Å². The fourth-order valence-corrected chi connectivity index (χ4v) is 7.82. The Balaban J connectivity index is 0.00000353. The molecule has 0 spiro atoms. The lowest BCUT2D eigenvalue weighted by Crippen LogP contribution is -2.43. The van der Waals surface area contributed by atoms with Gasteiger partial charge in [0.15, 0.2) is 5.13 Å². The second-order valence-corrected chi connectivity index (χ2v) is 13.5. The van der Waals surface area contributed by atoms with E-state index in [-0.39, 0.29) is 23.2 Å². The second-order valence-electron chi connectivity index (χ2n) is 10.1. The minimum absolute atomic E-state index is 0. The number of carbonyl (C=O) groups excluding carboxylic acids is 1. The fourth-order valence-electron chi connectivity index (χ4n) is 4.91. The Hall–Kier alpha value is -1.79. The highest BCUT2D eigenvalue weighted by molar-refractivity contribution is 7.89. The minimum atomic E-state index is -3.58. The molecule has 2 fully saturated rings. The minimum Gasteiger partial charge on any atom is -0.379 e. The lowest BCUT2D eigenvalue weighted by atomic mass is 10.0. The molecule has 0 unspecified atom stereocenters. The zero-order chi connectivity index (χ0) is 26.9. The molecule has 1 amide bonds. The van der Waals surface area contributed by atoms with Crippen LogP contribution in [0.3, 0.4) is 0 Å². The average Bonchev–Trinajstić information content (AvgIpc) is 3.34. The van der Waals surface area contributed by atoms with E-state index in [1.54, 1.807) is 33.5 Å². The summed E-state index contributed by atoms with van der Waals surface area (Å²) < 4.78 is 34.3. The molecule has 212 valence electrons. The van der Waals surface area contributed by atoms with Gasteiger partial charge in [0.05, 0.1) is 28.3 Å². The highest BCUT2D eigenvalue weighted by Crippen LogP contribution is 2.34. The maximum absolute atomic E-state index is 13.8. The van der Waals surface area contributed by atoms with Crippen LogP contribution in [0.15, 0.2) is 41.3 Å². The summed E-state index contributed by atoms with van der Waals surface area (Å²) >= 11 is 7.71. The van der Waals surface area contributed by atoms with Crippen molar-refractivity contribution in [2.24, 2.45) is 5.92 Å². The number of piperidine rings is 1. The average molecular weight is 614 g/mol. The summed E-state index contributed by atoms with van der Waals surface area (Å²) in [6.45, 7) is 9.30. The van der Waals surface area contributed by atoms with Gasteiger partial charge in [0.25, 0.3) is 5.91 Å². The normalized spacial score (nSPS) is 17.7. The van der Waals surface area contributed by atoms with Crippen molar-refractivity contribution in [3.63, 3.8) is 0 Å². The van der Waals surface area contributed by atoms with Crippen molar-refractivity contribution in [2.75, 3.05) is 57.4 Å². The number of anilines is 1. The number of sulfonamides is 1. The van der Waals surface area contributed by atoms with E-state index in [2.05, 4.69) is 11.8 Å². The second kappa shape index (κ2) is 12.8. The smallest absolute Gasteiger partial charge is 0.260 e. The van der Waals surface area contributed by atoms with E-state index in [4.69, 9.17) is 21.3 Å². The predicted octanol–water partition coefficient (Wildman–Crippen LogP) is 5.08. The molecule has 3 aromatic rings. The third-order valence-electron chi connectivity index (χ3n) is 7.34. The number of hydrogen-bond acceptors (Lipinski definition) is 7. The van der Waals surface area contributed by atoms with Crippen LogP contribution in [0.1, 0.15) is 35.7 Å². The van der Waals surface area contributed by atoms with Gasteiger partial charge in [-0.25, -0.2) is 13.4 Å². The van der Waals surface area contributed by atoms with Gasteiger partial charge in [0.2, 0.25) is 10.0 Å². The van der Waals surface area contributed by atoms with Crippen LogP contribution >= 0.6 is 35.3 Å². The molecule has 2 aromatic carbocycles. The molecule has 1 aromatic heterocycles. The summed E-state index contributed by atoms with van der Waals surface area (Å²) in [6, 6.07) is 10.1. The molecule has 8 nitrogen and oxygen atoms in total. The Morgan fingerprint density at radius 1 is 1.13 bits per heavy atom. The lowest BCUT2D eigenvalue weighted by Gasteiger charge is -2.29. The summed E-state index contributed by atoms with van der Waals surface area (Å²) in [5.74, 6) is 0.323. The Morgan fingerprint density at radius 2 is 1.79 bits per heavy atom. The Morgan fingerprint density at radius 3 is 2.46 bits per heavy atom. The third-order valence-corrected chi connectivity index (χ3v) is 10.5. The molecule has 0 atom stereocenters. The molecule has 2 aliphatic rings. The number of thiazole rings is 1. The number of amides is 1. The van der Waals surface area contributed by atoms with Crippen LogP contribution in [-0.2, 0) is 14.8 Å². The first-order valence-electron chi connectivity index (χ1n) is 13.0. The van der Waals surface area contributed by atoms with Gasteiger partial charge >= 0.3 is 0 Å². The van der Waals surface area contributed by atoms with Gasteiger partial charge in [-0.3, -0.25) is 14.6 Å². The van der Waals surface area contributed by atoms with Crippen molar-refractivity contribution in [1.82, 2.24) is 14.2 Å². The summed E-state index contributed by atoms with van der Waals surface area (Å²) in [4.78, 5) is 22.8. The molecule has 0 radical (unpaired) electrons. The standard InChI is InChI=1S/C27H33ClN4O4S2.ClH/c1-19-7-9-31(10-8-19)38(34,35)23-5-3-21(4-6-23)26(33)32(12-11-30-13-15-36-16-14-30)27-29-25-20(2)17-22(28)18-24(25)37-27;/h3-6,17-19H,7-16H2,1-2H3;1H. The van der Waals surface area contributed by atoms with Gasteiger partial charge in [-0.05, 0) is 67.6 Å². The molecule has 3 heterocycles. The number of halogens is 2. The van der Waals surface area contributed by atoms with E-state index in [0.717, 1.165) is 41.7 Å². The number of aryl methyl sites for hydroxylation is 1. The molecule has 0 bridgehead atoms. The van der Waals surface area contributed by atoms with Crippen LogP contribution in [0, 0.1) is 12.8 Å².